The third kappa shape index (κ3) is 8.10. The maximum Gasteiger partial charge on any atom is 0.236 e. The summed E-state index contributed by atoms with van der Waals surface area (Å²) in [5, 5.41) is 6.85. The van der Waals surface area contributed by atoms with Crippen molar-refractivity contribution in [3.63, 3.8) is 0 Å². The molecule has 1 heterocycles. The SMILES string of the molecule is CCNC(=NCC(C)Oc1cccc(OC)c1)NC1CCN(CC(=O)N(C)C)CC1. The predicted octanol–water partition coefficient (Wildman–Crippen LogP) is 1.57. The fourth-order valence-electron chi connectivity index (χ4n) is 3.25. The minimum absolute atomic E-state index is 0.0635. The van der Waals surface area contributed by atoms with Gasteiger partial charge in [-0.05, 0) is 38.8 Å². The lowest BCUT2D eigenvalue weighted by molar-refractivity contribution is -0.130. The third-order valence-corrected chi connectivity index (χ3v) is 5.02. The topological polar surface area (TPSA) is 78.4 Å². The van der Waals surface area contributed by atoms with E-state index in [9.17, 15) is 4.79 Å². The molecule has 0 bridgehead atoms. The number of amides is 1. The van der Waals surface area contributed by atoms with Crippen molar-refractivity contribution in [2.45, 2.75) is 38.8 Å². The maximum absolute atomic E-state index is 11.9. The Labute approximate surface area is 180 Å². The van der Waals surface area contributed by atoms with Crippen molar-refractivity contribution in [1.29, 1.82) is 0 Å². The summed E-state index contributed by atoms with van der Waals surface area (Å²) < 4.78 is 11.2. The summed E-state index contributed by atoms with van der Waals surface area (Å²) in [6.45, 7) is 7.72. The number of guanidine groups is 1. The van der Waals surface area contributed by atoms with Gasteiger partial charge in [0, 0.05) is 45.8 Å². The van der Waals surface area contributed by atoms with E-state index in [-0.39, 0.29) is 12.0 Å². The highest BCUT2D eigenvalue weighted by Crippen LogP contribution is 2.20. The third-order valence-electron chi connectivity index (χ3n) is 5.02. The Kier molecular flexibility index (Phi) is 9.73. The molecule has 30 heavy (non-hydrogen) atoms. The number of piperidine rings is 1. The zero-order valence-electron chi connectivity index (χ0n) is 19.0. The van der Waals surface area contributed by atoms with Gasteiger partial charge in [0.25, 0.3) is 0 Å². The number of methoxy groups -OCH3 is 1. The fraction of sp³-hybridized carbons (Fsp3) is 0.636. The van der Waals surface area contributed by atoms with Crippen LogP contribution < -0.4 is 20.1 Å². The van der Waals surface area contributed by atoms with E-state index in [2.05, 4.69) is 22.5 Å². The Hall–Kier alpha value is -2.48. The number of benzene rings is 1. The fourth-order valence-corrected chi connectivity index (χ4v) is 3.25. The Morgan fingerprint density at radius 2 is 2.00 bits per heavy atom. The lowest BCUT2D eigenvalue weighted by Gasteiger charge is -2.33. The minimum Gasteiger partial charge on any atom is -0.497 e. The van der Waals surface area contributed by atoms with Crippen LogP contribution in [0.2, 0.25) is 0 Å². The van der Waals surface area contributed by atoms with Crippen LogP contribution in [-0.4, -0.2) is 87.7 Å². The van der Waals surface area contributed by atoms with Crippen molar-refractivity contribution >= 4 is 11.9 Å². The molecule has 0 saturated carbocycles. The number of rotatable bonds is 9. The number of nitrogens with zero attached hydrogens (tertiary/aromatic N) is 3. The highest BCUT2D eigenvalue weighted by atomic mass is 16.5. The van der Waals surface area contributed by atoms with Crippen LogP contribution in [0.5, 0.6) is 11.5 Å². The van der Waals surface area contributed by atoms with E-state index in [4.69, 9.17) is 14.5 Å². The quantitative estimate of drug-likeness (QED) is 0.467. The number of ether oxygens (including phenoxy) is 2. The predicted molar refractivity (Wildman–Crippen MR) is 120 cm³/mol. The first-order valence-corrected chi connectivity index (χ1v) is 10.7. The molecule has 1 aliphatic rings. The van der Waals surface area contributed by atoms with E-state index in [1.165, 1.54) is 0 Å². The monoisotopic (exact) mass is 419 g/mol. The van der Waals surface area contributed by atoms with E-state index < -0.39 is 0 Å². The molecular weight excluding hydrogens is 382 g/mol. The number of likely N-dealkylation sites (tertiary alicyclic amines) is 1. The molecule has 8 nitrogen and oxygen atoms in total. The van der Waals surface area contributed by atoms with Crippen LogP contribution in [0.3, 0.4) is 0 Å². The molecule has 0 aromatic heterocycles. The molecule has 1 aromatic carbocycles. The summed E-state index contributed by atoms with van der Waals surface area (Å²) in [6, 6.07) is 7.95. The number of nitrogens with one attached hydrogen (secondary N) is 2. The second-order valence-corrected chi connectivity index (χ2v) is 7.81. The number of aliphatic imine (C=N–C) groups is 1. The zero-order chi connectivity index (χ0) is 21.9. The summed E-state index contributed by atoms with van der Waals surface area (Å²) in [5.74, 6) is 2.51. The van der Waals surface area contributed by atoms with Crippen molar-refractivity contribution in [2.24, 2.45) is 4.99 Å². The van der Waals surface area contributed by atoms with Gasteiger partial charge in [0.1, 0.15) is 17.6 Å². The molecule has 8 heteroatoms. The highest BCUT2D eigenvalue weighted by Gasteiger charge is 2.22. The molecular formula is C22H37N5O3. The molecule has 0 radical (unpaired) electrons. The van der Waals surface area contributed by atoms with Crippen LogP contribution in [0.4, 0.5) is 0 Å². The first-order chi connectivity index (χ1) is 14.4. The van der Waals surface area contributed by atoms with Crippen LogP contribution in [0.1, 0.15) is 26.7 Å². The van der Waals surface area contributed by atoms with Gasteiger partial charge in [0.2, 0.25) is 5.91 Å². The second kappa shape index (κ2) is 12.3. The van der Waals surface area contributed by atoms with Gasteiger partial charge in [-0.3, -0.25) is 9.69 Å². The van der Waals surface area contributed by atoms with Gasteiger partial charge in [-0.15, -0.1) is 0 Å². The smallest absolute Gasteiger partial charge is 0.236 e. The number of hydrogen-bond acceptors (Lipinski definition) is 5. The van der Waals surface area contributed by atoms with Crippen molar-refractivity contribution in [3.05, 3.63) is 24.3 Å². The van der Waals surface area contributed by atoms with Crippen LogP contribution in [0.25, 0.3) is 0 Å². The van der Waals surface area contributed by atoms with Crippen LogP contribution in [0.15, 0.2) is 29.3 Å². The molecule has 2 rings (SSSR count). The maximum atomic E-state index is 11.9. The van der Waals surface area contributed by atoms with Gasteiger partial charge in [-0.1, -0.05) is 6.07 Å². The highest BCUT2D eigenvalue weighted by molar-refractivity contribution is 5.80. The normalized spacial score (nSPS) is 16.6. The van der Waals surface area contributed by atoms with Gasteiger partial charge in [-0.25, -0.2) is 4.99 Å². The average Bonchev–Trinajstić information content (AvgIpc) is 2.73. The number of carbonyl (C=O) groups excluding carboxylic acids is 1. The van der Waals surface area contributed by atoms with Crippen molar-refractivity contribution in [2.75, 3.05) is 53.9 Å². The van der Waals surface area contributed by atoms with Crippen LogP contribution in [-0.2, 0) is 4.79 Å². The number of likely N-dealkylation sites (N-methyl/N-ethyl adjacent to an activating group) is 1. The number of hydrogen-bond donors (Lipinski definition) is 2. The summed E-state index contributed by atoms with van der Waals surface area (Å²) >= 11 is 0. The largest absolute Gasteiger partial charge is 0.497 e. The van der Waals surface area contributed by atoms with Gasteiger partial charge in [0.15, 0.2) is 5.96 Å². The van der Waals surface area contributed by atoms with Gasteiger partial charge in [0.05, 0.1) is 20.2 Å². The van der Waals surface area contributed by atoms with E-state index >= 15 is 0 Å². The van der Waals surface area contributed by atoms with Crippen molar-refractivity contribution < 1.29 is 14.3 Å². The van der Waals surface area contributed by atoms with Gasteiger partial charge >= 0.3 is 0 Å². The van der Waals surface area contributed by atoms with E-state index in [1.807, 2.05) is 31.2 Å². The van der Waals surface area contributed by atoms with Crippen molar-refractivity contribution in [3.8, 4) is 11.5 Å². The van der Waals surface area contributed by atoms with Crippen molar-refractivity contribution in [1.82, 2.24) is 20.4 Å². The average molecular weight is 420 g/mol. The second-order valence-electron chi connectivity index (χ2n) is 7.81. The molecule has 1 aromatic rings. The molecule has 0 spiro atoms. The van der Waals surface area contributed by atoms with E-state index in [0.717, 1.165) is 49.9 Å². The van der Waals surface area contributed by atoms with Gasteiger partial charge < -0.3 is 25.0 Å². The zero-order valence-corrected chi connectivity index (χ0v) is 19.0. The van der Waals surface area contributed by atoms with Gasteiger partial charge in [-0.2, -0.15) is 0 Å². The summed E-state index contributed by atoms with van der Waals surface area (Å²) in [7, 11) is 5.25. The molecule has 168 valence electrons. The Morgan fingerprint density at radius 3 is 2.63 bits per heavy atom. The van der Waals surface area contributed by atoms with E-state index in [0.29, 0.717) is 19.1 Å². The first kappa shape index (κ1) is 23.8. The molecule has 2 N–H and O–H groups in total. The molecule has 1 amide bonds. The molecule has 1 unspecified atom stereocenters. The van der Waals surface area contributed by atoms with Crippen LogP contribution >= 0.6 is 0 Å². The minimum atomic E-state index is -0.0635. The summed E-state index contributed by atoms with van der Waals surface area (Å²) in [5.41, 5.74) is 0. The summed E-state index contributed by atoms with van der Waals surface area (Å²) in [6.07, 6.45) is 1.91. The Bertz CT molecular complexity index is 687. The Morgan fingerprint density at radius 1 is 1.30 bits per heavy atom. The lowest BCUT2D eigenvalue weighted by Crippen LogP contribution is -2.50. The lowest BCUT2D eigenvalue weighted by atomic mass is 10.1. The van der Waals surface area contributed by atoms with Crippen LogP contribution in [0, 0.1) is 0 Å². The summed E-state index contributed by atoms with van der Waals surface area (Å²) in [4.78, 5) is 20.5. The standard InChI is InChI=1S/C22H37N5O3/c1-6-23-22(24-15-17(2)30-20-9-7-8-19(14-20)29-5)25-18-10-12-27(13-11-18)16-21(28)26(3)4/h7-9,14,17-18H,6,10-13,15-16H2,1-5H3,(H2,23,24,25). The number of carbonyl (C=O) groups is 1. The van der Waals surface area contributed by atoms with E-state index in [1.54, 1.807) is 26.1 Å². The molecule has 1 atom stereocenters. The molecule has 1 saturated heterocycles. The first-order valence-electron chi connectivity index (χ1n) is 10.7. The molecule has 1 aliphatic heterocycles. The molecule has 1 fully saturated rings. The Balaban J connectivity index is 1.82. The molecule has 0 aliphatic carbocycles.